The summed E-state index contributed by atoms with van der Waals surface area (Å²) in [7, 11) is 0. The molecule has 0 nitrogen and oxygen atoms in total. The molecule has 0 spiro atoms. The smallest absolute Gasteiger partial charge is 0.000719 e. The molecular formula is C72H42. The second-order valence-corrected chi connectivity index (χ2v) is 19.7. The van der Waals surface area contributed by atoms with Gasteiger partial charge in [-0.1, -0.05) is 255 Å². The number of hydrogen-bond acceptors (Lipinski definition) is 0. The van der Waals surface area contributed by atoms with Gasteiger partial charge in [0.25, 0.3) is 0 Å². The van der Waals surface area contributed by atoms with E-state index in [9.17, 15) is 0 Å². The van der Waals surface area contributed by atoms with Crippen LogP contribution in [0, 0.1) is 0 Å². The Morgan fingerprint density at radius 2 is 0.444 bits per heavy atom. The lowest BCUT2D eigenvalue weighted by atomic mass is 9.81. The van der Waals surface area contributed by atoms with E-state index in [1.54, 1.807) is 0 Å². The standard InChI is InChI=1S/C72H42/c1-5-21-45(22-6-1)61-57-37-35-43-19-13-15-29-49(43)67(57)63(47-25-9-3-10-26-47)71-59-41-39-51(53-31-17-33-55(65(53)59)69(61)71)52-40-42-60-66-54(52)32-18-34-56(66)70-62(46-23-7-2-8-24-46)58-38-36-44-20-14-16-30-50(44)68(58)64(72(60)70)48-27-11-4-12-28-48/h1-42H. The highest BCUT2D eigenvalue weighted by atomic mass is 14.4. The zero-order valence-corrected chi connectivity index (χ0v) is 39.2. The molecule has 0 aliphatic heterocycles. The minimum absolute atomic E-state index is 1.23. The second-order valence-electron chi connectivity index (χ2n) is 19.7. The van der Waals surface area contributed by atoms with Crippen LogP contribution in [0.2, 0.25) is 0 Å². The average Bonchev–Trinajstić information content (AvgIpc) is 3.97. The minimum Gasteiger partial charge on any atom is -0.0622 e. The molecule has 14 aromatic rings. The van der Waals surface area contributed by atoms with Crippen LogP contribution in [-0.2, 0) is 0 Å². The molecule has 0 N–H and O–H groups in total. The van der Waals surface area contributed by atoms with Crippen molar-refractivity contribution >= 4 is 64.6 Å². The Labute approximate surface area is 417 Å². The largest absolute Gasteiger partial charge is 0.0622 e. The van der Waals surface area contributed by atoms with E-state index in [0.29, 0.717) is 0 Å². The Hall–Kier alpha value is -9.36. The maximum absolute atomic E-state index is 2.45. The molecule has 330 valence electrons. The molecule has 72 heavy (non-hydrogen) atoms. The van der Waals surface area contributed by atoms with Crippen LogP contribution < -0.4 is 0 Å². The van der Waals surface area contributed by atoms with Crippen molar-refractivity contribution in [3.05, 3.63) is 255 Å². The number of hydrogen-bond donors (Lipinski definition) is 0. The Balaban J connectivity index is 1.01. The first kappa shape index (κ1) is 39.5. The van der Waals surface area contributed by atoms with Crippen LogP contribution in [0.5, 0.6) is 0 Å². The van der Waals surface area contributed by atoms with Gasteiger partial charge in [-0.05, 0) is 165 Å². The highest BCUT2D eigenvalue weighted by Crippen LogP contribution is 2.62. The molecule has 0 amide bonds. The van der Waals surface area contributed by atoms with E-state index >= 15 is 0 Å². The molecule has 2 aliphatic carbocycles. The van der Waals surface area contributed by atoms with Gasteiger partial charge in [0.1, 0.15) is 0 Å². The summed E-state index contributed by atoms with van der Waals surface area (Å²) < 4.78 is 0. The molecule has 16 rings (SSSR count). The summed E-state index contributed by atoms with van der Waals surface area (Å²) in [5.41, 5.74) is 23.1. The summed E-state index contributed by atoms with van der Waals surface area (Å²) in [6, 6.07) is 95.5. The van der Waals surface area contributed by atoms with E-state index in [-0.39, 0.29) is 0 Å². The highest BCUT2D eigenvalue weighted by molar-refractivity contribution is 6.35. The maximum atomic E-state index is 2.45. The predicted octanol–water partition coefficient (Wildman–Crippen LogP) is 20.2. The highest BCUT2D eigenvalue weighted by Gasteiger charge is 2.34. The van der Waals surface area contributed by atoms with Crippen LogP contribution in [0.15, 0.2) is 255 Å². The van der Waals surface area contributed by atoms with Gasteiger partial charge in [0, 0.05) is 0 Å². The van der Waals surface area contributed by atoms with Crippen molar-refractivity contribution in [3.8, 4) is 100 Å². The van der Waals surface area contributed by atoms with Gasteiger partial charge in [0.15, 0.2) is 0 Å². The molecule has 2 aliphatic rings. The van der Waals surface area contributed by atoms with Gasteiger partial charge in [0.2, 0.25) is 0 Å². The van der Waals surface area contributed by atoms with E-state index in [0.717, 1.165) is 0 Å². The Kier molecular flexibility index (Phi) is 8.26. The summed E-state index contributed by atoms with van der Waals surface area (Å²) in [6.07, 6.45) is 0. The van der Waals surface area contributed by atoms with Crippen LogP contribution in [0.4, 0.5) is 0 Å². The van der Waals surface area contributed by atoms with Crippen LogP contribution in [0.1, 0.15) is 0 Å². The predicted molar refractivity (Wildman–Crippen MR) is 308 cm³/mol. The minimum atomic E-state index is 1.23. The zero-order chi connectivity index (χ0) is 47.0. The first-order valence-corrected chi connectivity index (χ1v) is 25.2. The van der Waals surface area contributed by atoms with Gasteiger partial charge in [-0.25, -0.2) is 0 Å². The molecule has 0 heterocycles. The molecule has 0 saturated carbocycles. The number of fused-ring (bicyclic) bond motifs is 12. The molecule has 0 saturated heterocycles. The van der Waals surface area contributed by atoms with Crippen molar-refractivity contribution in [3.63, 3.8) is 0 Å². The van der Waals surface area contributed by atoms with Gasteiger partial charge < -0.3 is 0 Å². The fraction of sp³-hybridized carbons (Fsp3) is 0. The molecule has 0 radical (unpaired) electrons. The lowest BCUT2D eigenvalue weighted by Gasteiger charge is -2.22. The second kappa shape index (κ2) is 15.1. The van der Waals surface area contributed by atoms with Gasteiger partial charge >= 0.3 is 0 Å². The molecule has 0 unspecified atom stereocenters. The van der Waals surface area contributed by atoms with Crippen molar-refractivity contribution in [2.45, 2.75) is 0 Å². The first-order chi connectivity index (χ1) is 35.8. The fourth-order valence-corrected chi connectivity index (χ4v) is 13.3. The molecule has 0 fully saturated rings. The van der Waals surface area contributed by atoms with E-state index in [2.05, 4.69) is 255 Å². The van der Waals surface area contributed by atoms with E-state index in [4.69, 9.17) is 0 Å². The normalized spacial score (nSPS) is 12.2. The van der Waals surface area contributed by atoms with Crippen LogP contribution >= 0.6 is 0 Å². The van der Waals surface area contributed by atoms with Crippen molar-refractivity contribution in [2.24, 2.45) is 0 Å². The third-order valence-corrected chi connectivity index (χ3v) is 16.1. The molecule has 14 aromatic carbocycles. The van der Waals surface area contributed by atoms with E-state index in [1.807, 2.05) is 0 Å². The molecule has 0 heteroatoms. The maximum Gasteiger partial charge on any atom is -0.000719 e. The summed E-state index contributed by atoms with van der Waals surface area (Å²) in [4.78, 5) is 0. The fourth-order valence-electron chi connectivity index (χ4n) is 13.3. The van der Waals surface area contributed by atoms with E-state index < -0.39 is 0 Å². The Morgan fingerprint density at radius 3 is 0.847 bits per heavy atom. The van der Waals surface area contributed by atoms with Crippen molar-refractivity contribution in [1.82, 2.24) is 0 Å². The molecule has 0 atom stereocenters. The quantitative estimate of drug-likeness (QED) is 0.151. The van der Waals surface area contributed by atoms with Crippen molar-refractivity contribution in [2.75, 3.05) is 0 Å². The third-order valence-electron chi connectivity index (χ3n) is 16.1. The number of rotatable bonds is 5. The molecule has 0 aromatic heterocycles. The number of benzene rings is 14. The topological polar surface area (TPSA) is 0 Å². The SMILES string of the molecule is c1ccc(-c2c3c(c(-c4ccccc4)c4c2ccc2ccccc24)-c2ccc(-c4ccc5c6c(cccc46)-c4c-5c(-c5ccccc5)c5c(ccc6ccccc65)c4-c4ccccc4)c4cccc-3c24)cc1. The lowest BCUT2D eigenvalue weighted by Crippen LogP contribution is -1.94. The van der Waals surface area contributed by atoms with Crippen molar-refractivity contribution < 1.29 is 0 Å². The van der Waals surface area contributed by atoms with Gasteiger partial charge in [0.05, 0.1) is 0 Å². The summed E-state index contributed by atoms with van der Waals surface area (Å²) in [6.45, 7) is 0. The monoisotopic (exact) mass is 906 g/mol. The Morgan fingerprint density at radius 1 is 0.139 bits per heavy atom. The van der Waals surface area contributed by atoms with E-state index in [1.165, 1.54) is 165 Å². The van der Waals surface area contributed by atoms with Gasteiger partial charge in [-0.15, -0.1) is 0 Å². The van der Waals surface area contributed by atoms with Gasteiger partial charge in [-0.3, -0.25) is 0 Å². The first-order valence-electron chi connectivity index (χ1n) is 25.2. The molecule has 0 bridgehead atoms. The summed E-state index contributed by atoms with van der Waals surface area (Å²) in [5.74, 6) is 0. The zero-order valence-electron chi connectivity index (χ0n) is 39.2. The van der Waals surface area contributed by atoms with Crippen LogP contribution in [0.3, 0.4) is 0 Å². The molecular weight excluding hydrogens is 865 g/mol. The Bertz CT molecular complexity index is 4320. The lowest BCUT2D eigenvalue weighted by molar-refractivity contribution is 1.63. The third kappa shape index (κ3) is 5.36. The van der Waals surface area contributed by atoms with Gasteiger partial charge in [-0.2, -0.15) is 0 Å². The van der Waals surface area contributed by atoms with Crippen molar-refractivity contribution in [1.29, 1.82) is 0 Å². The summed E-state index contributed by atoms with van der Waals surface area (Å²) >= 11 is 0. The van der Waals surface area contributed by atoms with Crippen LogP contribution in [0.25, 0.3) is 165 Å². The average molecular weight is 907 g/mol. The van der Waals surface area contributed by atoms with Crippen LogP contribution in [-0.4, -0.2) is 0 Å². The summed E-state index contributed by atoms with van der Waals surface area (Å²) in [5, 5.41) is 15.4.